The number of hydrogen-bond donors (Lipinski definition) is 2. The van der Waals surface area contributed by atoms with Gasteiger partial charge in [0.2, 0.25) is 0 Å². The molecule has 9 heteroatoms. The quantitative estimate of drug-likeness (QED) is 0.594. The number of β-amino-alcohol motifs (C(OH)–C–C–N with tert-alkyl or cyclic N) is 1. The molecule has 1 spiro atoms. The average molecular weight is 482 g/mol. The second-order valence-corrected chi connectivity index (χ2v) is 9.10. The van der Waals surface area contributed by atoms with Crippen LogP contribution in [0.1, 0.15) is 18.4 Å². The highest BCUT2D eigenvalue weighted by atomic mass is 35.5. The number of ether oxygens (including phenoxy) is 3. The lowest BCUT2D eigenvalue weighted by Crippen LogP contribution is -2.49. The number of carbonyl (C=O) groups is 1. The summed E-state index contributed by atoms with van der Waals surface area (Å²) in [5, 5.41) is 20.2. The summed E-state index contributed by atoms with van der Waals surface area (Å²) in [7, 11) is 0. The number of aliphatic hydroxyl groups is 1. The number of aliphatic hydroxyl groups excluding tert-OH is 1. The number of piperidine rings is 1. The van der Waals surface area contributed by atoms with Gasteiger partial charge in [-0.25, -0.2) is 4.79 Å². The summed E-state index contributed by atoms with van der Waals surface area (Å²) in [5.41, 5.74) is 0.981. The van der Waals surface area contributed by atoms with Gasteiger partial charge in [0.15, 0.2) is 6.61 Å². The van der Waals surface area contributed by atoms with Gasteiger partial charge in [0.1, 0.15) is 35.6 Å². The molecular formula is C23H25Cl2NO6. The summed E-state index contributed by atoms with van der Waals surface area (Å²) < 4.78 is 17.1. The molecule has 0 aliphatic carbocycles. The van der Waals surface area contributed by atoms with Crippen LogP contribution < -0.4 is 14.2 Å². The first-order valence-corrected chi connectivity index (χ1v) is 11.2. The molecule has 1 atom stereocenters. The van der Waals surface area contributed by atoms with Crippen molar-refractivity contribution in [2.75, 3.05) is 32.8 Å². The topological polar surface area (TPSA) is 88.5 Å². The van der Waals surface area contributed by atoms with E-state index in [0.717, 1.165) is 48.7 Å². The number of likely N-dealkylation sites (tertiary alicyclic amines) is 1. The number of carboxylic acids is 1. The van der Waals surface area contributed by atoms with Crippen molar-refractivity contribution >= 4 is 29.2 Å². The summed E-state index contributed by atoms with van der Waals surface area (Å²) in [6, 6.07) is 10.5. The van der Waals surface area contributed by atoms with Gasteiger partial charge in [0.05, 0.1) is 5.02 Å². The Kier molecular flexibility index (Phi) is 7.00. The highest BCUT2D eigenvalue weighted by molar-refractivity contribution is 6.32. The van der Waals surface area contributed by atoms with E-state index < -0.39 is 18.7 Å². The van der Waals surface area contributed by atoms with Crippen molar-refractivity contribution in [1.82, 2.24) is 4.90 Å². The monoisotopic (exact) mass is 481 g/mol. The molecule has 1 saturated heterocycles. The lowest BCUT2D eigenvalue weighted by molar-refractivity contribution is -0.139. The first-order chi connectivity index (χ1) is 15.3. The third-order valence-electron chi connectivity index (χ3n) is 5.79. The maximum Gasteiger partial charge on any atom is 0.341 e. The van der Waals surface area contributed by atoms with Crippen LogP contribution in [0.5, 0.6) is 17.2 Å². The maximum atomic E-state index is 10.7. The summed E-state index contributed by atoms with van der Waals surface area (Å²) in [4.78, 5) is 12.9. The minimum Gasteiger partial charge on any atom is -0.491 e. The summed E-state index contributed by atoms with van der Waals surface area (Å²) in [5.74, 6) is 0.496. The summed E-state index contributed by atoms with van der Waals surface area (Å²) in [6.45, 7) is 1.75. The van der Waals surface area contributed by atoms with Gasteiger partial charge in [-0.2, -0.15) is 0 Å². The number of hydrogen-bond acceptors (Lipinski definition) is 6. The van der Waals surface area contributed by atoms with Crippen molar-refractivity contribution in [3.63, 3.8) is 0 Å². The normalized spacial score (nSPS) is 18.1. The van der Waals surface area contributed by atoms with E-state index in [0.29, 0.717) is 17.3 Å². The molecule has 0 aromatic heterocycles. The lowest BCUT2D eigenvalue weighted by atomic mass is 9.87. The van der Waals surface area contributed by atoms with Crippen molar-refractivity contribution < 1.29 is 29.2 Å². The number of rotatable bonds is 8. The number of fused-ring (bicyclic) bond motifs is 1. The Bertz CT molecular complexity index is 977. The van der Waals surface area contributed by atoms with Crippen molar-refractivity contribution in [3.8, 4) is 17.2 Å². The summed E-state index contributed by atoms with van der Waals surface area (Å²) in [6.07, 6.45) is 1.96. The second-order valence-electron chi connectivity index (χ2n) is 8.25. The summed E-state index contributed by atoms with van der Waals surface area (Å²) >= 11 is 12.1. The Morgan fingerprint density at radius 1 is 1.16 bits per heavy atom. The van der Waals surface area contributed by atoms with Crippen molar-refractivity contribution in [2.24, 2.45) is 0 Å². The molecule has 2 aliphatic heterocycles. The first-order valence-electron chi connectivity index (χ1n) is 10.5. The smallest absolute Gasteiger partial charge is 0.341 e. The molecule has 0 radical (unpaired) electrons. The predicted octanol–water partition coefficient (Wildman–Crippen LogP) is 3.67. The van der Waals surface area contributed by atoms with Gasteiger partial charge in [-0.05, 0) is 35.9 Å². The number of benzene rings is 2. The standard InChI is InChI=1S/C23H25Cl2NO6/c24-16-1-4-20-15(9-16)11-23(32-20)5-7-26(8-6-23)12-17(27)13-30-18-2-3-19(25)21(10-18)31-14-22(28)29/h1-4,9-10,17,27H,5-8,11-14H2,(H,28,29)/t17-/m0/s1. The van der Waals surface area contributed by atoms with E-state index in [-0.39, 0.29) is 18.0 Å². The molecule has 2 N–H and O–H groups in total. The molecule has 0 bridgehead atoms. The molecule has 0 amide bonds. The molecule has 32 heavy (non-hydrogen) atoms. The zero-order chi connectivity index (χ0) is 22.7. The van der Waals surface area contributed by atoms with Gasteiger partial charge in [-0.1, -0.05) is 23.2 Å². The van der Waals surface area contributed by atoms with Crippen LogP contribution in [0, 0.1) is 0 Å². The molecule has 2 heterocycles. The fourth-order valence-electron chi connectivity index (χ4n) is 4.19. The molecule has 7 nitrogen and oxygen atoms in total. The lowest BCUT2D eigenvalue weighted by Gasteiger charge is -2.39. The maximum absolute atomic E-state index is 10.7. The first kappa shape index (κ1) is 23.0. The number of nitrogens with zero attached hydrogens (tertiary/aromatic N) is 1. The van der Waals surface area contributed by atoms with Crippen LogP contribution in [-0.2, 0) is 11.2 Å². The molecule has 1 fully saturated rings. The predicted molar refractivity (Wildman–Crippen MR) is 120 cm³/mol. The largest absolute Gasteiger partial charge is 0.491 e. The third kappa shape index (κ3) is 5.59. The molecule has 4 rings (SSSR count). The molecule has 2 aromatic carbocycles. The van der Waals surface area contributed by atoms with Gasteiger partial charge in [0, 0.05) is 50.0 Å². The van der Waals surface area contributed by atoms with Gasteiger partial charge >= 0.3 is 5.97 Å². The number of carboxylic acid groups (broad SMARTS) is 1. The zero-order valence-corrected chi connectivity index (χ0v) is 18.9. The average Bonchev–Trinajstić information content (AvgIpc) is 3.11. The third-order valence-corrected chi connectivity index (χ3v) is 6.34. The molecular weight excluding hydrogens is 457 g/mol. The van der Waals surface area contributed by atoms with Gasteiger partial charge in [-0.3, -0.25) is 0 Å². The Morgan fingerprint density at radius 2 is 1.94 bits per heavy atom. The van der Waals surface area contributed by atoms with Crippen molar-refractivity contribution in [1.29, 1.82) is 0 Å². The van der Waals surface area contributed by atoms with E-state index in [1.54, 1.807) is 12.1 Å². The highest BCUT2D eigenvalue weighted by Crippen LogP contribution is 2.42. The Hall–Kier alpha value is -2.19. The Labute approximate surface area is 196 Å². The number of halogens is 2. The molecule has 0 unspecified atom stereocenters. The van der Waals surface area contributed by atoms with E-state index in [1.807, 2.05) is 18.2 Å². The number of aliphatic carboxylic acids is 1. The fraction of sp³-hybridized carbons (Fsp3) is 0.435. The van der Waals surface area contributed by atoms with Crippen LogP contribution in [0.2, 0.25) is 10.0 Å². The highest BCUT2D eigenvalue weighted by Gasteiger charge is 2.42. The molecule has 0 saturated carbocycles. The SMILES string of the molecule is O=C(O)COc1cc(OC[C@@H](O)CN2CCC3(CC2)Cc2cc(Cl)ccc2O3)ccc1Cl. The minimum absolute atomic E-state index is 0.0993. The van der Waals surface area contributed by atoms with Gasteiger partial charge in [0.25, 0.3) is 0 Å². The van der Waals surface area contributed by atoms with E-state index in [1.165, 1.54) is 6.07 Å². The van der Waals surface area contributed by atoms with Crippen LogP contribution >= 0.6 is 23.2 Å². The molecule has 172 valence electrons. The van der Waals surface area contributed by atoms with E-state index in [4.69, 9.17) is 42.5 Å². The van der Waals surface area contributed by atoms with Crippen LogP contribution in [0.25, 0.3) is 0 Å². The fourth-order valence-corrected chi connectivity index (χ4v) is 4.56. The zero-order valence-electron chi connectivity index (χ0n) is 17.4. The van der Waals surface area contributed by atoms with Gasteiger partial charge < -0.3 is 29.3 Å². The van der Waals surface area contributed by atoms with Gasteiger partial charge in [-0.15, -0.1) is 0 Å². The van der Waals surface area contributed by atoms with Crippen LogP contribution in [0.4, 0.5) is 0 Å². The minimum atomic E-state index is -1.10. The second kappa shape index (κ2) is 9.75. The van der Waals surface area contributed by atoms with Crippen molar-refractivity contribution in [2.45, 2.75) is 31.0 Å². The molecule has 2 aliphatic rings. The molecule has 2 aromatic rings. The Morgan fingerprint density at radius 3 is 2.69 bits per heavy atom. The van der Waals surface area contributed by atoms with Crippen LogP contribution in [-0.4, -0.2) is 65.6 Å². The van der Waals surface area contributed by atoms with E-state index in [9.17, 15) is 9.90 Å². The Balaban J connectivity index is 1.23. The van der Waals surface area contributed by atoms with Crippen LogP contribution in [0.15, 0.2) is 36.4 Å². The van der Waals surface area contributed by atoms with Crippen LogP contribution in [0.3, 0.4) is 0 Å². The van der Waals surface area contributed by atoms with E-state index >= 15 is 0 Å². The van der Waals surface area contributed by atoms with Crippen molar-refractivity contribution in [3.05, 3.63) is 52.0 Å². The van der Waals surface area contributed by atoms with E-state index in [2.05, 4.69) is 4.90 Å².